The van der Waals surface area contributed by atoms with Crippen molar-refractivity contribution in [3.63, 3.8) is 0 Å². The Morgan fingerprint density at radius 3 is 3.18 bits per heavy atom. The first kappa shape index (κ1) is 16.9. The van der Waals surface area contributed by atoms with E-state index in [1.165, 1.54) is 0 Å². The number of piperidine rings is 1. The summed E-state index contributed by atoms with van der Waals surface area (Å²) in [6.45, 7) is 4.95. The number of aromatic nitrogens is 2. The lowest BCUT2D eigenvalue weighted by Gasteiger charge is -2.22. The van der Waals surface area contributed by atoms with E-state index in [4.69, 9.17) is 4.74 Å². The third-order valence-electron chi connectivity index (χ3n) is 3.94. The number of hydrogen-bond acceptors (Lipinski definition) is 5. The lowest BCUT2D eigenvalue weighted by atomic mass is 10.1. The quantitative estimate of drug-likeness (QED) is 0.713. The van der Waals surface area contributed by atoms with Gasteiger partial charge in [-0.1, -0.05) is 0 Å². The van der Waals surface area contributed by atoms with E-state index < -0.39 is 0 Å². The molecule has 0 aliphatic carbocycles. The molecule has 1 aliphatic heterocycles. The molecule has 2 rings (SSSR count). The van der Waals surface area contributed by atoms with Crippen LogP contribution in [0, 0.1) is 0 Å². The Labute approximate surface area is 132 Å². The van der Waals surface area contributed by atoms with E-state index in [1.807, 2.05) is 17.9 Å². The van der Waals surface area contributed by atoms with E-state index in [9.17, 15) is 4.79 Å². The van der Waals surface area contributed by atoms with Gasteiger partial charge in [-0.2, -0.15) is 5.10 Å². The zero-order chi connectivity index (χ0) is 15.8. The Morgan fingerprint density at radius 1 is 1.59 bits per heavy atom. The van der Waals surface area contributed by atoms with Gasteiger partial charge in [0.05, 0.1) is 12.6 Å². The fourth-order valence-electron chi connectivity index (χ4n) is 2.53. The number of likely N-dealkylation sites (N-methyl/N-ethyl adjacent to an activating group) is 1. The van der Waals surface area contributed by atoms with Gasteiger partial charge in [-0.3, -0.25) is 9.48 Å². The van der Waals surface area contributed by atoms with Gasteiger partial charge in [0, 0.05) is 39.5 Å². The Kier molecular flexibility index (Phi) is 6.82. The van der Waals surface area contributed by atoms with Crippen LogP contribution in [0.3, 0.4) is 0 Å². The highest BCUT2D eigenvalue weighted by atomic mass is 16.5. The van der Waals surface area contributed by atoms with Crippen molar-refractivity contribution >= 4 is 5.91 Å². The van der Waals surface area contributed by atoms with Gasteiger partial charge in [-0.15, -0.1) is 0 Å². The lowest BCUT2D eigenvalue weighted by Crippen LogP contribution is -2.35. The molecule has 1 aromatic heterocycles. The number of rotatable bonds is 8. The van der Waals surface area contributed by atoms with Crippen LogP contribution in [0.4, 0.5) is 0 Å². The van der Waals surface area contributed by atoms with Gasteiger partial charge in [0.2, 0.25) is 0 Å². The van der Waals surface area contributed by atoms with Crippen LogP contribution in [0.25, 0.3) is 0 Å². The molecule has 1 aromatic rings. The van der Waals surface area contributed by atoms with Crippen molar-refractivity contribution in [3.05, 3.63) is 18.0 Å². The number of carbonyl (C=O) groups is 1. The van der Waals surface area contributed by atoms with Crippen LogP contribution in [0.15, 0.2) is 12.3 Å². The summed E-state index contributed by atoms with van der Waals surface area (Å²) >= 11 is 0. The van der Waals surface area contributed by atoms with E-state index in [1.54, 1.807) is 13.2 Å². The predicted octanol–water partition coefficient (Wildman–Crippen LogP) is 0.116. The van der Waals surface area contributed by atoms with E-state index in [0.29, 0.717) is 24.9 Å². The van der Waals surface area contributed by atoms with Gasteiger partial charge < -0.3 is 20.3 Å². The molecule has 7 nitrogen and oxygen atoms in total. The number of ether oxygens (including phenoxy) is 1. The minimum absolute atomic E-state index is 0.109. The molecular formula is C15H27N5O2. The van der Waals surface area contributed by atoms with E-state index in [0.717, 1.165) is 39.0 Å². The first-order valence-electron chi connectivity index (χ1n) is 7.92. The van der Waals surface area contributed by atoms with Crippen molar-refractivity contribution in [2.75, 3.05) is 53.5 Å². The standard InChI is InChI=1S/C15H27N5O2/c1-19(10-11-22-2)9-7-17-15(21)14-5-8-20(18-14)13-4-3-6-16-12-13/h5,8,13,16H,3-4,6-7,9-12H2,1-2H3,(H,17,21). The van der Waals surface area contributed by atoms with Crippen LogP contribution in [-0.4, -0.2) is 74.1 Å². The number of nitrogens with zero attached hydrogens (tertiary/aromatic N) is 3. The Bertz CT molecular complexity index is 457. The van der Waals surface area contributed by atoms with Gasteiger partial charge >= 0.3 is 0 Å². The fourth-order valence-corrected chi connectivity index (χ4v) is 2.53. The third kappa shape index (κ3) is 5.08. The molecule has 1 unspecified atom stereocenters. The summed E-state index contributed by atoms with van der Waals surface area (Å²) in [5, 5.41) is 10.7. The SMILES string of the molecule is COCCN(C)CCNC(=O)c1ccn(C2CCCNC2)n1. The number of nitrogens with one attached hydrogen (secondary N) is 2. The predicted molar refractivity (Wildman–Crippen MR) is 85.1 cm³/mol. The first-order valence-corrected chi connectivity index (χ1v) is 7.92. The fraction of sp³-hybridized carbons (Fsp3) is 0.733. The molecular weight excluding hydrogens is 282 g/mol. The molecule has 2 N–H and O–H groups in total. The maximum absolute atomic E-state index is 12.1. The smallest absolute Gasteiger partial charge is 0.271 e. The molecule has 1 amide bonds. The van der Waals surface area contributed by atoms with Crippen LogP contribution in [0.2, 0.25) is 0 Å². The Hall–Kier alpha value is -1.44. The largest absolute Gasteiger partial charge is 0.383 e. The molecule has 1 aliphatic rings. The van der Waals surface area contributed by atoms with E-state index >= 15 is 0 Å². The molecule has 0 saturated carbocycles. The molecule has 22 heavy (non-hydrogen) atoms. The van der Waals surface area contributed by atoms with Crippen molar-refractivity contribution in [3.8, 4) is 0 Å². The number of carbonyl (C=O) groups excluding carboxylic acids is 1. The zero-order valence-electron chi connectivity index (χ0n) is 13.5. The highest BCUT2D eigenvalue weighted by Crippen LogP contribution is 2.15. The van der Waals surface area contributed by atoms with Crippen LogP contribution in [0.5, 0.6) is 0 Å². The number of methoxy groups -OCH3 is 1. The molecule has 0 spiro atoms. The summed E-state index contributed by atoms with van der Waals surface area (Å²) in [6.07, 6.45) is 4.16. The van der Waals surface area contributed by atoms with Gasteiger partial charge in [0.15, 0.2) is 0 Å². The van der Waals surface area contributed by atoms with Crippen LogP contribution >= 0.6 is 0 Å². The summed E-state index contributed by atoms with van der Waals surface area (Å²) in [5.74, 6) is -0.109. The van der Waals surface area contributed by atoms with Crippen molar-refractivity contribution < 1.29 is 9.53 Å². The first-order chi connectivity index (χ1) is 10.7. The minimum atomic E-state index is -0.109. The van der Waals surface area contributed by atoms with Crippen molar-refractivity contribution in [1.82, 2.24) is 25.3 Å². The summed E-state index contributed by atoms with van der Waals surface area (Å²) in [4.78, 5) is 14.2. The molecule has 0 aromatic carbocycles. The third-order valence-corrected chi connectivity index (χ3v) is 3.94. The maximum atomic E-state index is 12.1. The average Bonchev–Trinajstić information content (AvgIpc) is 3.04. The van der Waals surface area contributed by atoms with Crippen molar-refractivity contribution in [2.24, 2.45) is 0 Å². The van der Waals surface area contributed by atoms with E-state index in [2.05, 4.69) is 20.6 Å². The van der Waals surface area contributed by atoms with Gasteiger partial charge in [-0.25, -0.2) is 0 Å². The number of hydrogen-bond donors (Lipinski definition) is 2. The summed E-state index contributed by atoms with van der Waals surface area (Å²) in [5.41, 5.74) is 0.491. The van der Waals surface area contributed by atoms with Crippen LogP contribution in [0.1, 0.15) is 29.4 Å². The van der Waals surface area contributed by atoms with Gasteiger partial charge in [-0.05, 0) is 32.5 Å². The maximum Gasteiger partial charge on any atom is 0.271 e. The minimum Gasteiger partial charge on any atom is -0.383 e. The second-order valence-electron chi connectivity index (χ2n) is 5.73. The molecule has 0 bridgehead atoms. The molecule has 124 valence electrons. The van der Waals surface area contributed by atoms with Crippen molar-refractivity contribution in [2.45, 2.75) is 18.9 Å². The lowest BCUT2D eigenvalue weighted by molar-refractivity contribution is 0.0941. The van der Waals surface area contributed by atoms with Crippen LogP contribution < -0.4 is 10.6 Å². The molecule has 1 atom stereocenters. The number of amides is 1. The van der Waals surface area contributed by atoms with Gasteiger partial charge in [0.1, 0.15) is 5.69 Å². The molecule has 1 saturated heterocycles. The Balaban J connectivity index is 1.74. The highest BCUT2D eigenvalue weighted by molar-refractivity contribution is 5.92. The average molecular weight is 309 g/mol. The van der Waals surface area contributed by atoms with Crippen LogP contribution in [-0.2, 0) is 4.74 Å². The highest BCUT2D eigenvalue weighted by Gasteiger charge is 2.17. The molecule has 0 radical (unpaired) electrons. The Morgan fingerprint density at radius 2 is 2.45 bits per heavy atom. The van der Waals surface area contributed by atoms with Gasteiger partial charge in [0.25, 0.3) is 5.91 Å². The monoisotopic (exact) mass is 309 g/mol. The topological polar surface area (TPSA) is 71.4 Å². The molecule has 7 heteroatoms. The summed E-state index contributed by atoms with van der Waals surface area (Å²) in [7, 11) is 3.70. The second kappa shape index (κ2) is 8.87. The second-order valence-corrected chi connectivity index (χ2v) is 5.73. The molecule has 2 heterocycles. The summed E-state index contributed by atoms with van der Waals surface area (Å²) in [6, 6.07) is 2.15. The summed E-state index contributed by atoms with van der Waals surface area (Å²) < 4.78 is 6.93. The van der Waals surface area contributed by atoms with Crippen molar-refractivity contribution in [1.29, 1.82) is 0 Å². The van der Waals surface area contributed by atoms with E-state index in [-0.39, 0.29) is 5.91 Å². The zero-order valence-corrected chi connectivity index (χ0v) is 13.5. The normalized spacial score (nSPS) is 18.6. The molecule has 1 fully saturated rings.